The van der Waals surface area contributed by atoms with Crippen LogP contribution in [0.2, 0.25) is 5.02 Å². The van der Waals surface area contributed by atoms with Crippen LogP contribution in [0.3, 0.4) is 0 Å². The molecule has 0 heterocycles. The first kappa shape index (κ1) is 22.2. The van der Waals surface area contributed by atoms with E-state index >= 15 is 0 Å². The molecule has 0 saturated carbocycles. The van der Waals surface area contributed by atoms with Crippen LogP contribution in [0.15, 0.2) is 53.5 Å². The van der Waals surface area contributed by atoms with E-state index in [-0.39, 0.29) is 18.1 Å². The number of carbonyl (C=O) groups is 1. The summed E-state index contributed by atoms with van der Waals surface area (Å²) in [7, 11) is 3.37. The molecule has 0 bridgehead atoms. The Bertz CT molecular complexity index is 869. The Balaban J connectivity index is 1.99. The molecule has 2 N–H and O–H groups in total. The van der Waals surface area contributed by atoms with E-state index in [2.05, 4.69) is 15.6 Å². The first-order chi connectivity index (χ1) is 13.8. The van der Waals surface area contributed by atoms with Gasteiger partial charge in [0.1, 0.15) is 0 Å². The lowest BCUT2D eigenvalue weighted by Gasteiger charge is -2.15. The quantitative estimate of drug-likeness (QED) is 0.297. The SMILES string of the molecule is CN(C)C(=O)CNC(=NCc1ccc([N+](=O)[O-])cc1)NCCc1cccc(Cl)c1. The van der Waals surface area contributed by atoms with Crippen molar-refractivity contribution < 1.29 is 9.72 Å². The molecule has 2 aromatic carbocycles. The summed E-state index contributed by atoms with van der Waals surface area (Å²) in [6.07, 6.45) is 0.737. The van der Waals surface area contributed by atoms with Crippen LogP contribution in [0.4, 0.5) is 5.69 Å². The van der Waals surface area contributed by atoms with E-state index in [9.17, 15) is 14.9 Å². The number of nitrogens with one attached hydrogen (secondary N) is 2. The van der Waals surface area contributed by atoms with Crippen molar-refractivity contribution in [1.82, 2.24) is 15.5 Å². The van der Waals surface area contributed by atoms with Crippen molar-refractivity contribution in [3.8, 4) is 0 Å². The molecule has 0 unspecified atom stereocenters. The van der Waals surface area contributed by atoms with Gasteiger partial charge in [-0.25, -0.2) is 4.99 Å². The van der Waals surface area contributed by atoms with Gasteiger partial charge in [0.2, 0.25) is 5.91 Å². The average molecular weight is 418 g/mol. The van der Waals surface area contributed by atoms with Crippen molar-refractivity contribution in [1.29, 1.82) is 0 Å². The van der Waals surface area contributed by atoms with E-state index in [1.165, 1.54) is 17.0 Å². The number of likely N-dealkylation sites (N-methyl/N-ethyl adjacent to an activating group) is 1. The fourth-order valence-electron chi connectivity index (χ4n) is 2.40. The van der Waals surface area contributed by atoms with Crippen LogP contribution in [-0.4, -0.2) is 48.9 Å². The second kappa shape index (κ2) is 11.0. The lowest BCUT2D eigenvalue weighted by atomic mass is 10.1. The van der Waals surface area contributed by atoms with Gasteiger partial charge < -0.3 is 15.5 Å². The average Bonchev–Trinajstić information content (AvgIpc) is 2.69. The highest BCUT2D eigenvalue weighted by molar-refractivity contribution is 6.30. The molecule has 0 radical (unpaired) electrons. The second-order valence-electron chi connectivity index (χ2n) is 6.54. The molecule has 154 valence electrons. The summed E-state index contributed by atoms with van der Waals surface area (Å²) >= 11 is 6.01. The number of aliphatic imine (C=N–C) groups is 1. The molecule has 0 aliphatic rings. The van der Waals surface area contributed by atoms with Crippen LogP contribution in [0.25, 0.3) is 0 Å². The van der Waals surface area contributed by atoms with E-state index < -0.39 is 4.92 Å². The van der Waals surface area contributed by atoms with Gasteiger partial charge in [0.05, 0.1) is 18.0 Å². The van der Waals surface area contributed by atoms with Crippen molar-refractivity contribution >= 4 is 29.2 Å². The van der Waals surface area contributed by atoms with Crippen LogP contribution in [0, 0.1) is 10.1 Å². The number of guanidine groups is 1. The Hall–Kier alpha value is -3.13. The number of amides is 1. The summed E-state index contributed by atoms with van der Waals surface area (Å²) in [5.74, 6) is 0.408. The number of carbonyl (C=O) groups excluding carboxylic acids is 1. The summed E-state index contributed by atoms with van der Waals surface area (Å²) in [5.41, 5.74) is 1.95. The number of nitro groups is 1. The topological polar surface area (TPSA) is 99.9 Å². The van der Waals surface area contributed by atoms with Crippen LogP contribution < -0.4 is 10.6 Å². The summed E-state index contributed by atoms with van der Waals surface area (Å²) in [6, 6.07) is 13.8. The molecule has 0 spiro atoms. The molecular weight excluding hydrogens is 394 g/mol. The number of nitro benzene ring substituents is 1. The van der Waals surface area contributed by atoms with Gasteiger partial charge in [-0.1, -0.05) is 35.9 Å². The Labute approximate surface area is 174 Å². The zero-order valence-corrected chi connectivity index (χ0v) is 17.1. The zero-order valence-electron chi connectivity index (χ0n) is 16.4. The van der Waals surface area contributed by atoms with Crippen LogP contribution in [-0.2, 0) is 17.8 Å². The molecule has 1 amide bonds. The zero-order chi connectivity index (χ0) is 21.2. The van der Waals surface area contributed by atoms with Gasteiger partial charge in [-0.05, 0) is 29.7 Å². The predicted molar refractivity (Wildman–Crippen MR) is 114 cm³/mol. The van der Waals surface area contributed by atoms with Gasteiger partial charge in [-0.15, -0.1) is 0 Å². The first-order valence-corrected chi connectivity index (χ1v) is 9.43. The molecule has 0 atom stereocenters. The molecule has 29 heavy (non-hydrogen) atoms. The first-order valence-electron chi connectivity index (χ1n) is 9.05. The maximum Gasteiger partial charge on any atom is 0.269 e. The van der Waals surface area contributed by atoms with Crippen molar-refractivity contribution in [2.24, 2.45) is 4.99 Å². The highest BCUT2D eigenvalue weighted by atomic mass is 35.5. The maximum absolute atomic E-state index is 11.9. The van der Waals surface area contributed by atoms with Crippen molar-refractivity contribution in [3.63, 3.8) is 0 Å². The Morgan fingerprint density at radius 2 is 1.86 bits per heavy atom. The third kappa shape index (κ3) is 7.79. The predicted octanol–water partition coefficient (Wildman–Crippen LogP) is 2.61. The molecule has 0 fully saturated rings. The minimum Gasteiger partial charge on any atom is -0.356 e. The van der Waals surface area contributed by atoms with Crippen LogP contribution >= 0.6 is 11.6 Å². The lowest BCUT2D eigenvalue weighted by Crippen LogP contribution is -2.43. The number of rotatable bonds is 8. The Kier molecular flexibility index (Phi) is 8.42. The summed E-state index contributed by atoms with van der Waals surface area (Å²) in [6.45, 7) is 1.03. The van der Waals surface area contributed by atoms with E-state index in [0.29, 0.717) is 24.1 Å². The van der Waals surface area contributed by atoms with Crippen LogP contribution in [0.1, 0.15) is 11.1 Å². The minimum atomic E-state index is -0.440. The van der Waals surface area contributed by atoms with Gasteiger partial charge in [0.15, 0.2) is 5.96 Å². The number of hydrogen-bond acceptors (Lipinski definition) is 4. The number of nitrogens with zero attached hydrogens (tertiary/aromatic N) is 3. The fraction of sp³-hybridized carbons (Fsp3) is 0.300. The van der Waals surface area contributed by atoms with Crippen molar-refractivity contribution in [2.45, 2.75) is 13.0 Å². The summed E-state index contributed by atoms with van der Waals surface area (Å²) in [4.78, 5) is 28.1. The van der Waals surface area contributed by atoms with Gasteiger partial charge in [-0.2, -0.15) is 0 Å². The van der Waals surface area contributed by atoms with E-state index in [1.54, 1.807) is 26.2 Å². The fourth-order valence-corrected chi connectivity index (χ4v) is 2.62. The highest BCUT2D eigenvalue weighted by Gasteiger charge is 2.07. The Morgan fingerprint density at radius 3 is 2.48 bits per heavy atom. The second-order valence-corrected chi connectivity index (χ2v) is 6.97. The van der Waals surface area contributed by atoms with Gasteiger partial charge in [0, 0.05) is 37.8 Å². The third-order valence-corrected chi connectivity index (χ3v) is 4.30. The standard InChI is InChI=1S/C20H24ClN5O3/c1-25(2)19(27)14-24-20(22-11-10-15-4-3-5-17(21)12-15)23-13-16-6-8-18(9-7-16)26(28)29/h3-9,12H,10-11,13-14H2,1-2H3,(H2,22,23,24). The number of halogens is 1. The lowest BCUT2D eigenvalue weighted by molar-refractivity contribution is -0.384. The summed E-state index contributed by atoms with van der Waals surface area (Å²) < 4.78 is 0. The van der Waals surface area contributed by atoms with Gasteiger partial charge in [-0.3, -0.25) is 14.9 Å². The third-order valence-electron chi connectivity index (χ3n) is 4.07. The van der Waals surface area contributed by atoms with E-state index in [4.69, 9.17) is 11.6 Å². The van der Waals surface area contributed by atoms with Crippen LogP contribution in [0.5, 0.6) is 0 Å². The molecule has 8 nitrogen and oxygen atoms in total. The van der Waals surface area contributed by atoms with Crippen molar-refractivity contribution in [3.05, 3.63) is 74.8 Å². The van der Waals surface area contributed by atoms with Gasteiger partial charge >= 0.3 is 0 Å². The highest BCUT2D eigenvalue weighted by Crippen LogP contribution is 2.12. The molecule has 2 aromatic rings. The van der Waals surface area contributed by atoms with Crippen molar-refractivity contribution in [2.75, 3.05) is 27.2 Å². The molecule has 0 aromatic heterocycles. The molecule has 9 heteroatoms. The number of benzene rings is 2. The molecule has 0 aliphatic heterocycles. The molecule has 0 saturated heterocycles. The maximum atomic E-state index is 11.9. The smallest absolute Gasteiger partial charge is 0.269 e. The monoisotopic (exact) mass is 417 g/mol. The largest absolute Gasteiger partial charge is 0.356 e. The molecular formula is C20H24ClN5O3. The summed E-state index contributed by atoms with van der Waals surface area (Å²) in [5, 5.41) is 17.6. The minimum absolute atomic E-state index is 0.0345. The van der Waals surface area contributed by atoms with E-state index in [0.717, 1.165) is 17.5 Å². The number of non-ortho nitro benzene ring substituents is 1. The van der Waals surface area contributed by atoms with E-state index in [1.807, 2.05) is 24.3 Å². The Morgan fingerprint density at radius 1 is 1.14 bits per heavy atom. The number of hydrogen-bond donors (Lipinski definition) is 2. The molecule has 2 rings (SSSR count). The van der Waals surface area contributed by atoms with Gasteiger partial charge in [0.25, 0.3) is 5.69 Å². The normalized spacial score (nSPS) is 11.1. The molecule has 0 aliphatic carbocycles.